The lowest BCUT2D eigenvalue weighted by molar-refractivity contribution is 0.0696. The van der Waals surface area contributed by atoms with Crippen molar-refractivity contribution in [2.24, 2.45) is 0 Å². The van der Waals surface area contributed by atoms with E-state index in [1.807, 2.05) is 49.1 Å². The summed E-state index contributed by atoms with van der Waals surface area (Å²) in [5.41, 5.74) is 7.20. The Hall–Kier alpha value is -2.12. The molecule has 1 saturated heterocycles. The number of nitrogens with two attached hydrogens (primary N) is 1. The number of amides is 1. The van der Waals surface area contributed by atoms with Crippen LogP contribution in [0.15, 0.2) is 30.3 Å². The van der Waals surface area contributed by atoms with Crippen LogP contribution in [0, 0.1) is 0 Å². The Kier molecular flexibility index (Phi) is 5.55. The Labute approximate surface area is 152 Å². The summed E-state index contributed by atoms with van der Waals surface area (Å²) in [5, 5.41) is 4.16. The fraction of sp³-hybridized carbons (Fsp3) is 0.444. The van der Waals surface area contributed by atoms with E-state index in [1.165, 1.54) is 11.3 Å². The Balaban J connectivity index is 1.81. The van der Waals surface area contributed by atoms with Gasteiger partial charge < -0.3 is 20.9 Å². The van der Waals surface area contributed by atoms with Gasteiger partial charge in [0.15, 0.2) is 5.13 Å². The number of piperazine rings is 1. The van der Waals surface area contributed by atoms with Crippen molar-refractivity contribution in [2.45, 2.75) is 26.4 Å². The van der Waals surface area contributed by atoms with Crippen LogP contribution in [0.4, 0.5) is 10.9 Å². The lowest BCUT2D eigenvalue weighted by Crippen LogP contribution is -2.43. The van der Waals surface area contributed by atoms with E-state index < -0.39 is 0 Å². The van der Waals surface area contributed by atoms with Gasteiger partial charge in [0.1, 0.15) is 10.7 Å². The van der Waals surface area contributed by atoms with Crippen LogP contribution >= 0.6 is 11.3 Å². The first-order chi connectivity index (χ1) is 12.1. The lowest BCUT2D eigenvalue weighted by Gasteiger charge is -2.27. The van der Waals surface area contributed by atoms with Crippen molar-refractivity contribution in [3.63, 3.8) is 0 Å². The molecule has 1 fully saturated rings. The highest BCUT2D eigenvalue weighted by Crippen LogP contribution is 2.30. The minimum absolute atomic E-state index is 0.0461. The van der Waals surface area contributed by atoms with E-state index in [1.54, 1.807) is 0 Å². The van der Waals surface area contributed by atoms with Gasteiger partial charge in [-0.25, -0.2) is 4.98 Å². The predicted molar refractivity (Wildman–Crippen MR) is 103 cm³/mol. The first kappa shape index (κ1) is 17.7. The molecule has 0 bridgehead atoms. The molecule has 2 heterocycles. The van der Waals surface area contributed by atoms with Gasteiger partial charge in [-0.1, -0.05) is 41.7 Å². The number of carbonyl (C=O) groups excluding carboxylic acids is 1. The highest BCUT2D eigenvalue weighted by atomic mass is 32.1. The van der Waals surface area contributed by atoms with Crippen molar-refractivity contribution in [1.82, 2.24) is 15.2 Å². The molecule has 1 aromatic heterocycles. The summed E-state index contributed by atoms with van der Waals surface area (Å²) in [7, 11) is 0. The van der Waals surface area contributed by atoms with Gasteiger partial charge in [0.2, 0.25) is 0 Å². The zero-order valence-corrected chi connectivity index (χ0v) is 15.6. The third-order valence-corrected chi connectivity index (χ3v) is 5.42. The summed E-state index contributed by atoms with van der Waals surface area (Å²) >= 11 is 1.40. The molecule has 1 aliphatic rings. The second-order valence-corrected chi connectivity index (χ2v) is 7.44. The quantitative estimate of drug-likeness (QED) is 0.856. The molecule has 0 unspecified atom stereocenters. The number of nitrogen functional groups attached to an aromatic ring is 1. The summed E-state index contributed by atoms with van der Waals surface area (Å²) in [6.45, 7) is 8.24. The van der Waals surface area contributed by atoms with Gasteiger partial charge >= 0.3 is 0 Å². The molecule has 3 rings (SSSR count). The van der Waals surface area contributed by atoms with E-state index in [2.05, 4.69) is 15.2 Å². The zero-order valence-electron chi connectivity index (χ0n) is 14.7. The van der Waals surface area contributed by atoms with Crippen molar-refractivity contribution < 1.29 is 4.79 Å². The number of nitrogens with zero attached hydrogens (tertiary/aromatic N) is 3. The van der Waals surface area contributed by atoms with E-state index >= 15 is 0 Å². The number of carbonyl (C=O) groups is 1. The van der Waals surface area contributed by atoms with Crippen LogP contribution in [0.2, 0.25) is 0 Å². The molecule has 1 amide bonds. The average molecular weight is 359 g/mol. The molecular formula is C18H25N5OS. The second kappa shape index (κ2) is 7.84. The van der Waals surface area contributed by atoms with Crippen LogP contribution in [0.5, 0.6) is 0 Å². The zero-order chi connectivity index (χ0) is 17.8. The number of hydrogen-bond donors (Lipinski definition) is 2. The summed E-state index contributed by atoms with van der Waals surface area (Å²) < 4.78 is 0. The molecule has 25 heavy (non-hydrogen) atoms. The predicted octanol–water partition coefficient (Wildman–Crippen LogP) is 2.19. The maximum Gasteiger partial charge on any atom is 0.268 e. The van der Waals surface area contributed by atoms with Gasteiger partial charge in [0.05, 0.1) is 0 Å². The van der Waals surface area contributed by atoms with Crippen molar-refractivity contribution in [2.75, 3.05) is 36.8 Å². The molecule has 0 spiro atoms. The van der Waals surface area contributed by atoms with Crippen LogP contribution in [0.3, 0.4) is 0 Å². The first-order valence-electron chi connectivity index (χ1n) is 8.63. The SMILES string of the molecule is CC(C)N(Cc1ccccc1)C(=O)c1sc(N2CCNCC2)nc1N. The molecule has 0 saturated carbocycles. The summed E-state index contributed by atoms with van der Waals surface area (Å²) in [6.07, 6.45) is 0. The molecule has 1 aromatic carbocycles. The van der Waals surface area contributed by atoms with Gasteiger partial charge in [-0.3, -0.25) is 4.79 Å². The van der Waals surface area contributed by atoms with Crippen LogP contribution in [0.25, 0.3) is 0 Å². The molecule has 0 aliphatic carbocycles. The van der Waals surface area contributed by atoms with E-state index in [0.29, 0.717) is 17.2 Å². The van der Waals surface area contributed by atoms with Gasteiger partial charge in [-0.05, 0) is 19.4 Å². The molecule has 2 aromatic rings. The standard InChI is InChI=1S/C18H25N5OS/c1-13(2)23(12-14-6-4-3-5-7-14)17(24)15-16(19)21-18(25-15)22-10-8-20-9-11-22/h3-7,13,20H,8-12,19H2,1-2H3. The Morgan fingerprint density at radius 3 is 2.64 bits per heavy atom. The number of rotatable bonds is 5. The monoisotopic (exact) mass is 359 g/mol. The van der Waals surface area contributed by atoms with Crippen LogP contribution in [0.1, 0.15) is 29.1 Å². The summed E-state index contributed by atoms with van der Waals surface area (Å²) in [6, 6.07) is 10.1. The molecule has 0 radical (unpaired) electrons. The molecule has 7 heteroatoms. The maximum atomic E-state index is 13.1. The third kappa shape index (κ3) is 4.11. The van der Waals surface area contributed by atoms with Crippen molar-refractivity contribution in [3.8, 4) is 0 Å². The minimum Gasteiger partial charge on any atom is -0.382 e. The van der Waals surface area contributed by atoms with E-state index in [-0.39, 0.29) is 11.9 Å². The smallest absolute Gasteiger partial charge is 0.268 e. The van der Waals surface area contributed by atoms with E-state index in [0.717, 1.165) is 36.9 Å². The van der Waals surface area contributed by atoms with Crippen LogP contribution in [-0.2, 0) is 6.54 Å². The second-order valence-electron chi connectivity index (χ2n) is 6.46. The molecular weight excluding hydrogens is 334 g/mol. The molecule has 134 valence electrons. The first-order valence-corrected chi connectivity index (χ1v) is 9.44. The number of thiazole rings is 1. The number of nitrogens with one attached hydrogen (secondary N) is 1. The highest BCUT2D eigenvalue weighted by molar-refractivity contribution is 7.18. The Morgan fingerprint density at radius 2 is 2.00 bits per heavy atom. The largest absolute Gasteiger partial charge is 0.382 e. The molecule has 0 atom stereocenters. The van der Waals surface area contributed by atoms with Crippen molar-refractivity contribution >= 4 is 28.2 Å². The summed E-state index contributed by atoms with van der Waals surface area (Å²) in [4.78, 5) is 22.1. The van der Waals surface area contributed by atoms with E-state index in [4.69, 9.17) is 5.73 Å². The summed E-state index contributed by atoms with van der Waals surface area (Å²) in [5.74, 6) is 0.289. The number of anilines is 2. The molecule has 6 nitrogen and oxygen atoms in total. The van der Waals surface area contributed by atoms with Crippen molar-refractivity contribution in [1.29, 1.82) is 0 Å². The minimum atomic E-state index is -0.0461. The van der Waals surface area contributed by atoms with Gasteiger partial charge in [-0.15, -0.1) is 0 Å². The Morgan fingerprint density at radius 1 is 1.32 bits per heavy atom. The maximum absolute atomic E-state index is 13.1. The van der Waals surface area contributed by atoms with Gasteiger partial charge in [-0.2, -0.15) is 0 Å². The lowest BCUT2D eigenvalue weighted by atomic mass is 10.2. The fourth-order valence-electron chi connectivity index (χ4n) is 2.86. The Bertz CT molecular complexity index is 710. The third-order valence-electron chi connectivity index (χ3n) is 4.30. The average Bonchev–Trinajstić information content (AvgIpc) is 3.02. The number of benzene rings is 1. The molecule has 3 N–H and O–H groups in total. The fourth-order valence-corrected chi connectivity index (χ4v) is 3.86. The van der Waals surface area contributed by atoms with Crippen LogP contribution in [-0.4, -0.2) is 48.0 Å². The van der Waals surface area contributed by atoms with Gasteiger partial charge in [0, 0.05) is 38.8 Å². The normalized spacial score (nSPS) is 14.8. The number of aromatic nitrogens is 1. The number of hydrogen-bond acceptors (Lipinski definition) is 6. The van der Waals surface area contributed by atoms with Crippen molar-refractivity contribution in [3.05, 3.63) is 40.8 Å². The topological polar surface area (TPSA) is 74.5 Å². The van der Waals surface area contributed by atoms with Gasteiger partial charge in [0.25, 0.3) is 5.91 Å². The highest BCUT2D eigenvalue weighted by Gasteiger charge is 2.26. The van der Waals surface area contributed by atoms with Crippen LogP contribution < -0.4 is 16.0 Å². The molecule has 1 aliphatic heterocycles. The van der Waals surface area contributed by atoms with E-state index in [9.17, 15) is 4.79 Å².